The molecule has 0 aliphatic rings. The van der Waals surface area contributed by atoms with Gasteiger partial charge in [-0.3, -0.25) is 0 Å². The number of rotatable bonds is 3. The molecule has 0 amide bonds. The Hall–Kier alpha value is -4.16. The van der Waals surface area contributed by atoms with Crippen molar-refractivity contribution in [2.75, 3.05) is 0 Å². The predicted octanol–water partition coefficient (Wildman–Crippen LogP) is 8.99. The van der Waals surface area contributed by atoms with E-state index in [0.29, 0.717) is 0 Å². The van der Waals surface area contributed by atoms with Crippen molar-refractivity contribution in [3.05, 3.63) is 133 Å². The summed E-state index contributed by atoms with van der Waals surface area (Å²) in [6.45, 7) is 0. The summed E-state index contributed by atoms with van der Waals surface area (Å²) in [4.78, 5) is 0. The second-order valence-corrected chi connectivity index (χ2v) is 8.18. The Bertz CT molecular complexity index is 1540. The molecule has 0 aliphatic carbocycles. The fourth-order valence-corrected chi connectivity index (χ4v) is 4.73. The van der Waals surface area contributed by atoms with Crippen LogP contribution in [0.3, 0.4) is 0 Å². The van der Waals surface area contributed by atoms with Crippen LogP contribution in [0.5, 0.6) is 0 Å². The fraction of sp³-hybridized carbons (Fsp3) is 0. The molecule has 0 unspecified atom stereocenters. The number of fused-ring (bicyclic) bond motifs is 2. The molecule has 0 saturated heterocycles. The largest absolute Gasteiger partial charge is 0.0622 e. The molecule has 0 radical (unpaired) electrons. The van der Waals surface area contributed by atoms with Gasteiger partial charge in [0.15, 0.2) is 0 Å². The lowest BCUT2D eigenvalue weighted by Gasteiger charge is -2.13. The summed E-state index contributed by atoms with van der Waals surface area (Å²) in [5.74, 6) is 0. The minimum Gasteiger partial charge on any atom is -0.0622 e. The topological polar surface area (TPSA) is 0 Å². The quantitative estimate of drug-likeness (QED) is 0.275. The first-order valence-electron chi connectivity index (χ1n) is 11.0. The van der Waals surface area contributed by atoms with E-state index in [4.69, 9.17) is 0 Å². The molecule has 6 aromatic carbocycles. The van der Waals surface area contributed by atoms with Gasteiger partial charge in [0, 0.05) is 0 Å². The molecule has 0 heterocycles. The highest BCUT2D eigenvalue weighted by atomic mass is 14.1. The first kappa shape index (κ1) is 18.6. The van der Waals surface area contributed by atoms with E-state index in [0.717, 1.165) is 0 Å². The van der Waals surface area contributed by atoms with Gasteiger partial charge in [-0.2, -0.15) is 0 Å². The van der Waals surface area contributed by atoms with Gasteiger partial charge in [0.25, 0.3) is 0 Å². The van der Waals surface area contributed by atoms with Gasteiger partial charge < -0.3 is 0 Å². The third-order valence-electron chi connectivity index (χ3n) is 6.31. The van der Waals surface area contributed by atoms with E-state index in [1.54, 1.807) is 0 Å². The molecule has 0 saturated carbocycles. The Kier molecular flexibility index (Phi) is 4.55. The maximum absolute atomic E-state index is 2.26. The van der Waals surface area contributed by atoms with Gasteiger partial charge in [0.2, 0.25) is 0 Å². The lowest BCUT2D eigenvalue weighted by Crippen LogP contribution is -1.87. The minimum atomic E-state index is 1.24. The first-order chi connectivity index (χ1) is 15.9. The highest BCUT2D eigenvalue weighted by Gasteiger charge is 2.10. The Morgan fingerprint density at radius 2 is 0.688 bits per heavy atom. The van der Waals surface area contributed by atoms with Crippen LogP contribution in [0.1, 0.15) is 0 Å². The Morgan fingerprint density at radius 3 is 1.31 bits per heavy atom. The molecule has 0 N–H and O–H groups in total. The molecule has 0 bridgehead atoms. The van der Waals surface area contributed by atoms with Gasteiger partial charge in [-0.25, -0.2) is 0 Å². The van der Waals surface area contributed by atoms with Crippen LogP contribution in [-0.4, -0.2) is 0 Å². The van der Waals surface area contributed by atoms with Gasteiger partial charge in [-0.1, -0.05) is 133 Å². The van der Waals surface area contributed by atoms with Crippen molar-refractivity contribution >= 4 is 21.5 Å². The molecule has 6 aromatic rings. The number of benzene rings is 6. The predicted molar refractivity (Wildman–Crippen MR) is 138 cm³/mol. The summed E-state index contributed by atoms with van der Waals surface area (Å²) >= 11 is 0. The van der Waals surface area contributed by atoms with E-state index >= 15 is 0 Å². The van der Waals surface area contributed by atoms with Crippen LogP contribution >= 0.6 is 0 Å². The number of hydrogen-bond donors (Lipinski definition) is 0. The van der Waals surface area contributed by atoms with Gasteiger partial charge in [-0.15, -0.1) is 0 Å². The van der Waals surface area contributed by atoms with E-state index in [1.165, 1.54) is 54.9 Å². The molecule has 0 spiro atoms. The third-order valence-corrected chi connectivity index (χ3v) is 6.31. The molecule has 0 aromatic heterocycles. The summed E-state index contributed by atoms with van der Waals surface area (Å²) in [6, 6.07) is 48.0. The van der Waals surface area contributed by atoms with E-state index in [2.05, 4.69) is 133 Å². The van der Waals surface area contributed by atoms with E-state index in [9.17, 15) is 0 Å². The zero-order valence-electron chi connectivity index (χ0n) is 17.7. The Labute approximate surface area is 188 Å². The summed E-state index contributed by atoms with van der Waals surface area (Å²) < 4.78 is 0. The van der Waals surface area contributed by atoms with Crippen LogP contribution in [-0.2, 0) is 0 Å². The lowest BCUT2D eigenvalue weighted by molar-refractivity contribution is 1.61. The van der Waals surface area contributed by atoms with Crippen molar-refractivity contribution in [2.24, 2.45) is 0 Å². The molecule has 0 nitrogen and oxygen atoms in total. The average molecular weight is 407 g/mol. The Morgan fingerprint density at radius 1 is 0.250 bits per heavy atom. The second kappa shape index (κ2) is 7.83. The van der Waals surface area contributed by atoms with Gasteiger partial charge >= 0.3 is 0 Å². The van der Waals surface area contributed by atoms with Crippen LogP contribution in [0.25, 0.3) is 54.9 Å². The summed E-state index contributed by atoms with van der Waals surface area (Å²) in [6.07, 6.45) is 0. The molecule has 6 rings (SSSR count). The smallest absolute Gasteiger partial charge is 0.00992 e. The third kappa shape index (κ3) is 3.18. The summed E-state index contributed by atoms with van der Waals surface area (Å²) in [5.41, 5.74) is 7.56. The van der Waals surface area contributed by atoms with Crippen molar-refractivity contribution in [3.8, 4) is 33.4 Å². The molecule has 150 valence electrons. The molecular weight excluding hydrogens is 384 g/mol. The van der Waals surface area contributed by atoms with Crippen LogP contribution in [0, 0.1) is 0 Å². The minimum absolute atomic E-state index is 1.24. The van der Waals surface area contributed by atoms with Gasteiger partial charge in [0.05, 0.1) is 0 Å². The SMILES string of the molecule is c1ccc(-c2ccc(-c3ccc(-c4cccc5ccccc45)cc3)c3ccccc23)cc1. The van der Waals surface area contributed by atoms with Crippen LogP contribution in [0.4, 0.5) is 0 Å². The van der Waals surface area contributed by atoms with E-state index in [-0.39, 0.29) is 0 Å². The number of hydrogen-bond acceptors (Lipinski definition) is 0. The van der Waals surface area contributed by atoms with Crippen molar-refractivity contribution in [2.45, 2.75) is 0 Å². The zero-order valence-corrected chi connectivity index (χ0v) is 17.7. The van der Waals surface area contributed by atoms with E-state index in [1.807, 2.05) is 0 Å². The molecule has 0 fully saturated rings. The highest BCUT2D eigenvalue weighted by molar-refractivity contribution is 6.05. The maximum atomic E-state index is 2.26. The summed E-state index contributed by atoms with van der Waals surface area (Å²) in [7, 11) is 0. The molecule has 0 atom stereocenters. The molecule has 32 heavy (non-hydrogen) atoms. The highest BCUT2D eigenvalue weighted by Crippen LogP contribution is 2.37. The first-order valence-corrected chi connectivity index (χ1v) is 11.0. The molecule has 0 heteroatoms. The normalized spacial score (nSPS) is 11.1. The van der Waals surface area contributed by atoms with Crippen molar-refractivity contribution in [3.63, 3.8) is 0 Å². The Balaban J connectivity index is 1.46. The monoisotopic (exact) mass is 406 g/mol. The molecular formula is C32H22. The zero-order chi connectivity index (χ0) is 21.3. The van der Waals surface area contributed by atoms with Gasteiger partial charge in [0.1, 0.15) is 0 Å². The second-order valence-electron chi connectivity index (χ2n) is 8.18. The average Bonchev–Trinajstić information content (AvgIpc) is 2.88. The summed E-state index contributed by atoms with van der Waals surface area (Å²) in [5, 5.41) is 5.14. The van der Waals surface area contributed by atoms with Crippen LogP contribution < -0.4 is 0 Å². The van der Waals surface area contributed by atoms with Gasteiger partial charge in [-0.05, 0) is 54.9 Å². The fourth-order valence-electron chi connectivity index (χ4n) is 4.73. The van der Waals surface area contributed by atoms with E-state index < -0.39 is 0 Å². The maximum Gasteiger partial charge on any atom is -0.00992 e. The van der Waals surface area contributed by atoms with Crippen LogP contribution in [0.2, 0.25) is 0 Å². The molecule has 0 aliphatic heterocycles. The lowest BCUT2D eigenvalue weighted by atomic mass is 9.91. The van der Waals surface area contributed by atoms with Crippen molar-refractivity contribution < 1.29 is 0 Å². The standard InChI is InChI=1S/C32H22/c1-2-9-23(10-3-1)29-21-22-30(32-15-7-6-14-31(29)32)26-19-17-25(18-20-26)28-16-8-12-24-11-4-5-13-27(24)28/h1-22H. The van der Waals surface area contributed by atoms with Crippen molar-refractivity contribution in [1.82, 2.24) is 0 Å². The van der Waals surface area contributed by atoms with Crippen molar-refractivity contribution in [1.29, 1.82) is 0 Å². The van der Waals surface area contributed by atoms with Crippen LogP contribution in [0.15, 0.2) is 133 Å².